The molecule has 1 fully saturated rings. The Morgan fingerprint density at radius 3 is 2.50 bits per heavy atom. The molecule has 0 aromatic heterocycles. The number of nitrogens with zero attached hydrogens (tertiary/aromatic N) is 1. The van der Waals surface area contributed by atoms with Crippen molar-refractivity contribution in [1.82, 2.24) is 4.90 Å². The molecule has 1 heterocycles. The molecule has 1 saturated heterocycles. The van der Waals surface area contributed by atoms with Crippen LogP contribution < -0.4 is 56.5 Å². The van der Waals surface area contributed by atoms with Crippen molar-refractivity contribution < 1.29 is 66.0 Å². The normalized spacial score (nSPS) is 29.8. The fourth-order valence-corrected chi connectivity index (χ4v) is 1.40. The molecule has 4 nitrogen and oxygen atoms in total. The molecule has 1 aliphatic rings. The van der Waals surface area contributed by atoms with Crippen LogP contribution in [-0.2, 0) is 9.53 Å². The number of hydrogen-bond acceptors (Lipinski definition) is 4. The second-order valence-corrected chi connectivity index (χ2v) is 2.87. The second kappa shape index (κ2) is 5.69. The maximum absolute atomic E-state index is 10.5. The molecule has 0 aromatic carbocycles. The Morgan fingerprint density at radius 1 is 1.67 bits per heavy atom. The SMILES string of the molecule is COC1CC(C(=O)[O-])N(C)C1.[K+]. The molecule has 0 bridgehead atoms. The van der Waals surface area contributed by atoms with E-state index in [0.29, 0.717) is 13.0 Å². The summed E-state index contributed by atoms with van der Waals surface area (Å²) in [6.45, 7) is 0.676. The molecule has 0 aliphatic carbocycles. The molecule has 64 valence electrons. The Labute approximate surface area is 115 Å². The average molecular weight is 197 g/mol. The first-order valence-electron chi connectivity index (χ1n) is 3.59. The summed E-state index contributed by atoms with van der Waals surface area (Å²) >= 11 is 0. The fraction of sp³-hybridized carbons (Fsp3) is 0.857. The molecule has 0 radical (unpaired) electrons. The summed E-state index contributed by atoms with van der Waals surface area (Å²) in [6.07, 6.45) is 0.581. The van der Waals surface area contributed by atoms with Gasteiger partial charge in [0.2, 0.25) is 0 Å². The van der Waals surface area contributed by atoms with Crippen LogP contribution in [0.5, 0.6) is 0 Å². The molecule has 12 heavy (non-hydrogen) atoms. The molecule has 0 N–H and O–H groups in total. The molecule has 0 saturated carbocycles. The van der Waals surface area contributed by atoms with Gasteiger partial charge in [-0.25, -0.2) is 0 Å². The van der Waals surface area contributed by atoms with E-state index in [4.69, 9.17) is 4.74 Å². The van der Waals surface area contributed by atoms with Gasteiger partial charge in [0.25, 0.3) is 0 Å². The van der Waals surface area contributed by atoms with Gasteiger partial charge in [0.05, 0.1) is 18.1 Å². The van der Waals surface area contributed by atoms with E-state index in [2.05, 4.69) is 0 Å². The van der Waals surface area contributed by atoms with Crippen LogP contribution in [0.4, 0.5) is 0 Å². The quantitative estimate of drug-likeness (QED) is 0.418. The number of carbonyl (C=O) groups excluding carboxylic acids is 1. The molecule has 2 unspecified atom stereocenters. The van der Waals surface area contributed by atoms with Crippen LogP contribution in [0.3, 0.4) is 0 Å². The number of hydrogen-bond donors (Lipinski definition) is 0. The number of carboxylic acid groups (broad SMARTS) is 1. The van der Waals surface area contributed by atoms with Crippen LogP contribution in [0.1, 0.15) is 6.42 Å². The maximum Gasteiger partial charge on any atom is 1.00 e. The van der Waals surface area contributed by atoms with Crippen molar-refractivity contribution in [3.05, 3.63) is 0 Å². The molecular weight excluding hydrogens is 185 g/mol. The third-order valence-electron chi connectivity index (χ3n) is 2.12. The topological polar surface area (TPSA) is 52.6 Å². The summed E-state index contributed by atoms with van der Waals surface area (Å²) < 4.78 is 5.03. The van der Waals surface area contributed by atoms with Crippen LogP contribution >= 0.6 is 0 Å². The Hall–Kier alpha value is 1.03. The van der Waals surface area contributed by atoms with E-state index in [0.717, 1.165) is 0 Å². The summed E-state index contributed by atoms with van der Waals surface area (Å²) in [6, 6.07) is -0.472. The van der Waals surface area contributed by atoms with Crippen LogP contribution in [0.25, 0.3) is 0 Å². The van der Waals surface area contributed by atoms with Crippen molar-refractivity contribution in [2.45, 2.75) is 18.6 Å². The first-order chi connectivity index (χ1) is 5.15. The minimum Gasteiger partial charge on any atom is -0.548 e. The number of likely N-dealkylation sites (tertiary alicyclic amines) is 1. The van der Waals surface area contributed by atoms with Crippen LogP contribution in [0.15, 0.2) is 0 Å². The predicted molar refractivity (Wildman–Crippen MR) is 36.8 cm³/mol. The van der Waals surface area contributed by atoms with E-state index >= 15 is 0 Å². The number of ether oxygens (including phenoxy) is 1. The molecule has 2 atom stereocenters. The van der Waals surface area contributed by atoms with E-state index in [9.17, 15) is 9.90 Å². The molecule has 1 rings (SSSR count). The molecule has 5 heteroatoms. The van der Waals surface area contributed by atoms with Gasteiger partial charge in [0, 0.05) is 13.7 Å². The van der Waals surface area contributed by atoms with Crippen LogP contribution in [0.2, 0.25) is 0 Å². The van der Waals surface area contributed by atoms with E-state index in [-0.39, 0.29) is 57.5 Å². The van der Waals surface area contributed by atoms with Gasteiger partial charge in [-0.15, -0.1) is 0 Å². The third kappa shape index (κ3) is 3.06. The summed E-state index contributed by atoms with van der Waals surface area (Å²) in [5.74, 6) is -1.01. The van der Waals surface area contributed by atoms with E-state index in [1.165, 1.54) is 0 Å². The molecular formula is C7H12KNO3. The van der Waals surface area contributed by atoms with Crippen molar-refractivity contribution >= 4 is 5.97 Å². The Bertz CT molecular complexity index is 165. The van der Waals surface area contributed by atoms with Gasteiger partial charge in [-0.2, -0.15) is 0 Å². The summed E-state index contributed by atoms with van der Waals surface area (Å²) in [5.41, 5.74) is 0. The van der Waals surface area contributed by atoms with Gasteiger partial charge in [-0.1, -0.05) is 0 Å². The van der Waals surface area contributed by atoms with Crippen molar-refractivity contribution in [3.63, 3.8) is 0 Å². The second-order valence-electron chi connectivity index (χ2n) is 2.87. The first-order valence-corrected chi connectivity index (χ1v) is 3.59. The van der Waals surface area contributed by atoms with Gasteiger partial charge >= 0.3 is 51.4 Å². The van der Waals surface area contributed by atoms with Gasteiger partial charge in [0.1, 0.15) is 0 Å². The smallest absolute Gasteiger partial charge is 0.548 e. The summed E-state index contributed by atoms with van der Waals surface area (Å²) in [4.78, 5) is 12.2. The zero-order chi connectivity index (χ0) is 8.43. The monoisotopic (exact) mass is 197 g/mol. The number of carboxylic acids is 1. The first kappa shape index (κ1) is 13.0. The van der Waals surface area contributed by atoms with Crippen molar-refractivity contribution in [3.8, 4) is 0 Å². The van der Waals surface area contributed by atoms with Gasteiger partial charge in [-0.05, 0) is 13.5 Å². The van der Waals surface area contributed by atoms with Crippen LogP contribution in [0, 0.1) is 0 Å². The molecule has 1 aliphatic heterocycles. The number of aliphatic carboxylic acids is 1. The van der Waals surface area contributed by atoms with E-state index in [1.54, 1.807) is 19.1 Å². The van der Waals surface area contributed by atoms with Crippen LogP contribution in [-0.4, -0.2) is 43.7 Å². The Kier molecular flexibility index (Phi) is 6.18. The number of rotatable bonds is 2. The minimum atomic E-state index is -1.01. The average Bonchev–Trinajstić information content (AvgIpc) is 2.30. The van der Waals surface area contributed by atoms with E-state index < -0.39 is 12.0 Å². The number of methoxy groups -OCH3 is 1. The van der Waals surface area contributed by atoms with Crippen molar-refractivity contribution in [1.29, 1.82) is 0 Å². The van der Waals surface area contributed by atoms with E-state index in [1.807, 2.05) is 0 Å². The molecule has 0 spiro atoms. The summed E-state index contributed by atoms with van der Waals surface area (Å²) in [7, 11) is 3.36. The largest absolute Gasteiger partial charge is 1.00 e. The predicted octanol–water partition coefficient (Wildman–Crippen LogP) is -4.54. The number of likely N-dealkylation sites (N-methyl/N-ethyl adjacent to an activating group) is 1. The van der Waals surface area contributed by atoms with Crippen molar-refractivity contribution in [2.24, 2.45) is 0 Å². The zero-order valence-electron chi connectivity index (χ0n) is 7.74. The van der Waals surface area contributed by atoms with Gasteiger partial charge in [-0.3, -0.25) is 4.90 Å². The third-order valence-corrected chi connectivity index (χ3v) is 2.12. The number of carbonyl (C=O) groups is 1. The molecule has 0 amide bonds. The molecule has 0 aromatic rings. The zero-order valence-corrected chi connectivity index (χ0v) is 10.9. The van der Waals surface area contributed by atoms with Gasteiger partial charge < -0.3 is 14.6 Å². The summed E-state index contributed by atoms with van der Waals surface area (Å²) in [5, 5.41) is 10.5. The maximum atomic E-state index is 10.5. The minimum absolute atomic E-state index is 0. The van der Waals surface area contributed by atoms with Gasteiger partial charge in [0.15, 0.2) is 0 Å². The standard InChI is InChI=1S/C7H13NO3.K/c1-8-4-5(11-2)3-6(8)7(9)10;/h5-6H,3-4H2,1-2H3,(H,9,10);/q;+1/p-1. The Morgan fingerprint density at radius 2 is 2.25 bits per heavy atom. The van der Waals surface area contributed by atoms with Crippen molar-refractivity contribution in [2.75, 3.05) is 20.7 Å². The fourth-order valence-electron chi connectivity index (χ4n) is 1.40. The Balaban J connectivity index is 0.00000121.